The van der Waals surface area contributed by atoms with Gasteiger partial charge in [-0.05, 0) is 40.5 Å². The zero-order valence-corrected chi connectivity index (χ0v) is 12.0. The number of ether oxygens (including phenoxy) is 1. The fourth-order valence-electron chi connectivity index (χ4n) is 1.87. The summed E-state index contributed by atoms with van der Waals surface area (Å²) < 4.78 is 6.20. The van der Waals surface area contributed by atoms with Crippen LogP contribution in [0.15, 0.2) is 22.7 Å². The first-order chi connectivity index (χ1) is 8.66. The highest BCUT2D eigenvalue weighted by Gasteiger charge is 2.16. The van der Waals surface area contributed by atoms with E-state index in [0.717, 1.165) is 10.2 Å². The maximum atomic E-state index is 12.0. The number of benzene rings is 1. The predicted molar refractivity (Wildman–Crippen MR) is 74.8 cm³/mol. The molecule has 0 bridgehead atoms. The van der Waals surface area contributed by atoms with Gasteiger partial charge >= 0.3 is 0 Å². The molecule has 1 amide bonds. The molecule has 1 saturated heterocycles. The molecule has 1 aromatic carbocycles. The summed E-state index contributed by atoms with van der Waals surface area (Å²) in [7, 11) is 0. The molecule has 0 unspecified atom stereocenters. The van der Waals surface area contributed by atoms with Crippen LogP contribution in [-0.2, 0) is 9.53 Å². The average Bonchev–Trinajstić information content (AvgIpc) is 2.40. The Balaban J connectivity index is 1.90. The summed E-state index contributed by atoms with van der Waals surface area (Å²) in [4.78, 5) is 13.8. The van der Waals surface area contributed by atoms with Gasteiger partial charge < -0.3 is 15.0 Å². The lowest BCUT2D eigenvalue weighted by atomic mass is 10.2. The Kier molecular flexibility index (Phi) is 4.60. The highest BCUT2D eigenvalue weighted by Crippen LogP contribution is 2.23. The lowest BCUT2D eigenvalue weighted by molar-refractivity contribution is -0.133. The molecule has 0 atom stereocenters. The molecular formula is C13H17BrN2O2. The summed E-state index contributed by atoms with van der Waals surface area (Å²) in [6.45, 7) is 5.01. The van der Waals surface area contributed by atoms with Crippen LogP contribution in [0.5, 0.6) is 0 Å². The van der Waals surface area contributed by atoms with Crippen LogP contribution in [0.2, 0.25) is 0 Å². The van der Waals surface area contributed by atoms with E-state index in [1.54, 1.807) is 0 Å². The number of hydrogen-bond donors (Lipinski definition) is 1. The van der Waals surface area contributed by atoms with Gasteiger partial charge in [0.1, 0.15) is 0 Å². The third-order valence-corrected chi connectivity index (χ3v) is 3.61. The molecule has 18 heavy (non-hydrogen) atoms. The van der Waals surface area contributed by atoms with E-state index in [4.69, 9.17) is 4.74 Å². The van der Waals surface area contributed by atoms with Crippen LogP contribution >= 0.6 is 15.9 Å². The van der Waals surface area contributed by atoms with Gasteiger partial charge in [-0.1, -0.05) is 6.07 Å². The molecule has 0 radical (unpaired) electrons. The van der Waals surface area contributed by atoms with Crippen molar-refractivity contribution in [2.75, 3.05) is 38.2 Å². The van der Waals surface area contributed by atoms with E-state index in [-0.39, 0.29) is 5.91 Å². The van der Waals surface area contributed by atoms with Crippen LogP contribution in [0.25, 0.3) is 0 Å². The minimum Gasteiger partial charge on any atom is -0.378 e. The van der Waals surface area contributed by atoms with Crippen LogP contribution in [0.1, 0.15) is 5.56 Å². The number of morpholine rings is 1. The summed E-state index contributed by atoms with van der Waals surface area (Å²) in [6.07, 6.45) is 0. The Labute approximate surface area is 115 Å². The van der Waals surface area contributed by atoms with Gasteiger partial charge in [0, 0.05) is 23.2 Å². The molecule has 1 aromatic rings. The highest BCUT2D eigenvalue weighted by molar-refractivity contribution is 9.10. The Morgan fingerprint density at radius 1 is 1.44 bits per heavy atom. The van der Waals surface area contributed by atoms with E-state index in [2.05, 4.69) is 21.2 Å². The van der Waals surface area contributed by atoms with Gasteiger partial charge in [-0.25, -0.2) is 0 Å². The second-order valence-electron chi connectivity index (χ2n) is 4.33. The third-order valence-electron chi connectivity index (χ3n) is 2.92. The molecule has 1 N–H and O–H groups in total. The van der Waals surface area contributed by atoms with E-state index in [1.165, 1.54) is 5.56 Å². The monoisotopic (exact) mass is 312 g/mol. The number of carbonyl (C=O) groups excluding carboxylic acids is 1. The first-order valence-electron chi connectivity index (χ1n) is 6.02. The molecule has 5 heteroatoms. The van der Waals surface area contributed by atoms with Crippen molar-refractivity contribution in [3.05, 3.63) is 28.2 Å². The Morgan fingerprint density at radius 2 is 2.17 bits per heavy atom. The number of rotatable bonds is 3. The van der Waals surface area contributed by atoms with Crippen molar-refractivity contribution in [3.63, 3.8) is 0 Å². The first-order valence-corrected chi connectivity index (χ1v) is 6.81. The van der Waals surface area contributed by atoms with Crippen molar-refractivity contribution in [2.45, 2.75) is 6.92 Å². The molecule has 0 aromatic heterocycles. The minimum absolute atomic E-state index is 0.117. The van der Waals surface area contributed by atoms with Gasteiger partial charge in [-0.2, -0.15) is 0 Å². The van der Waals surface area contributed by atoms with Crippen molar-refractivity contribution in [1.82, 2.24) is 4.90 Å². The normalized spacial score (nSPS) is 15.6. The van der Waals surface area contributed by atoms with Crippen molar-refractivity contribution in [1.29, 1.82) is 0 Å². The largest absolute Gasteiger partial charge is 0.378 e. The molecular weight excluding hydrogens is 296 g/mol. The van der Waals surface area contributed by atoms with Crippen LogP contribution in [0, 0.1) is 6.92 Å². The van der Waals surface area contributed by atoms with Crippen LogP contribution < -0.4 is 5.32 Å². The molecule has 1 heterocycles. The highest BCUT2D eigenvalue weighted by atomic mass is 79.9. The van der Waals surface area contributed by atoms with Crippen LogP contribution in [-0.4, -0.2) is 43.7 Å². The molecule has 0 aliphatic carbocycles. The lowest BCUT2D eigenvalue weighted by Crippen LogP contribution is -2.43. The number of nitrogens with one attached hydrogen (secondary N) is 1. The zero-order chi connectivity index (χ0) is 13.0. The number of aryl methyl sites for hydroxylation is 1. The van der Waals surface area contributed by atoms with Gasteiger partial charge in [-0.15, -0.1) is 0 Å². The van der Waals surface area contributed by atoms with Crippen LogP contribution in [0.3, 0.4) is 0 Å². The number of carbonyl (C=O) groups is 1. The molecule has 0 saturated carbocycles. The number of amides is 1. The summed E-state index contributed by atoms with van der Waals surface area (Å²) in [5.41, 5.74) is 2.12. The summed E-state index contributed by atoms with van der Waals surface area (Å²) in [6, 6.07) is 6.03. The fourth-order valence-corrected chi connectivity index (χ4v) is 2.26. The molecule has 4 nitrogen and oxygen atoms in total. The second-order valence-corrected chi connectivity index (χ2v) is 5.18. The summed E-state index contributed by atoms with van der Waals surface area (Å²) >= 11 is 3.47. The Morgan fingerprint density at radius 3 is 2.89 bits per heavy atom. The topological polar surface area (TPSA) is 41.6 Å². The minimum atomic E-state index is 0.117. The van der Waals surface area contributed by atoms with E-state index in [1.807, 2.05) is 30.0 Å². The van der Waals surface area contributed by atoms with E-state index >= 15 is 0 Å². The van der Waals surface area contributed by atoms with Gasteiger partial charge in [0.2, 0.25) is 5.91 Å². The number of nitrogens with zero attached hydrogens (tertiary/aromatic N) is 1. The maximum Gasteiger partial charge on any atom is 0.242 e. The second kappa shape index (κ2) is 6.20. The smallest absolute Gasteiger partial charge is 0.242 e. The molecule has 1 aliphatic heterocycles. The lowest BCUT2D eigenvalue weighted by Gasteiger charge is -2.27. The number of hydrogen-bond acceptors (Lipinski definition) is 3. The Bertz CT molecular complexity index is 431. The fraction of sp³-hybridized carbons (Fsp3) is 0.462. The van der Waals surface area contributed by atoms with Crippen molar-refractivity contribution in [3.8, 4) is 0 Å². The first kappa shape index (κ1) is 13.4. The standard InChI is InChI=1S/C13H17BrN2O2/c1-10-2-3-11(14)12(8-10)15-9-13(17)16-4-6-18-7-5-16/h2-3,8,15H,4-7,9H2,1H3. The van der Waals surface area contributed by atoms with Crippen molar-refractivity contribution < 1.29 is 9.53 Å². The number of anilines is 1. The van der Waals surface area contributed by atoms with Gasteiger partial charge in [0.05, 0.1) is 19.8 Å². The van der Waals surface area contributed by atoms with Gasteiger partial charge in [0.15, 0.2) is 0 Å². The van der Waals surface area contributed by atoms with Gasteiger partial charge in [0.25, 0.3) is 0 Å². The SMILES string of the molecule is Cc1ccc(Br)c(NCC(=O)N2CCOCC2)c1. The molecule has 0 spiro atoms. The quantitative estimate of drug-likeness (QED) is 0.928. The van der Waals surface area contributed by atoms with E-state index in [0.29, 0.717) is 32.8 Å². The summed E-state index contributed by atoms with van der Waals surface area (Å²) in [5, 5.41) is 3.17. The predicted octanol–water partition coefficient (Wildman–Crippen LogP) is 2.03. The average molecular weight is 313 g/mol. The molecule has 2 rings (SSSR count). The van der Waals surface area contributed by atoms with Gasteiger partial charge in [-0.3, -0.25) is 4.79 Å². The van der Waals surface area contributed by atoms with Crippen LogP contribution in [0.4, 0.5) is 5.69 Å². The zero-order valence-electron chi connectivity index (χ0n) is 10.4. The van der Waals surface area contributed by atoms with Crippen molar-refractivity contribution >= 4 is 27.5 Å². The van der Waals surface area contributed by atoms with E-state index < -0.39 is 0 Å². The summed E-state index contributed by atoms with van der Waals surface area (Å²) in [5.74, 6) is 0.117. The number of halogens is 1. The third kappa shape index (κ3) is 3.46. The molecule has 98 valence electrons. The molecule has 1 fully saturated rings. The van der Waals surface area contributed by atoms with Crippen molar-refractivity contribution in [2.24, 2.45) is 0 Å². The maximum absolute atomic E-state index is 12.0. The van der Waals surface area contributed by atoms with E-state index in [9.17, 15) is 4.79 Å². The molecule has 1 aliphatic rings. The Hall–Kier alpha value is -1.07.